The third-order valence-electron chi connectivity index (χ3n) is 4.12. The number of phenols is 1. The maximum atomic E-state index is 10.1. The largest absolute Gasteiger partial charge is 0.507 e. The highest BCUT2D eigenvalue weighted by Crippen LogP contribution is 2.26. The van der Waals surface area contributed by atoms with E-state index in [1.54, 1.807) is 12.3 Å². The Hall–Kier alpha value is -1.87. The van der Waals surface area contributed by atoms with Crippen molar-refractivity contribution in [2.24, 2.45) is 10.7 Å². The molecule has 0 amide bonds. The Morgan fingerprint density at radius 1 is 1.10 bits per heavy atom. The van der Waals surface area contributed by atoms with Crippen LogP contribution in [0.4, 0.5) is 0 Å². The highest BCUT2D eigenvalue weighted by Gasteiger charge is 2.20. The van der Waals surface area contributed by atoms with Crippen LogP contribution < -0.4 is 5.73 Å². The maximum Gasteiger partial charge on any atom is 0.124 e. The van der Waals surface area contributed by atoms with Gasteiger partial charge in [-0.3, -0.25) is 4.99 Å². The first-order valence-corrected chi connectivity index (χ1v) is 7.25. The van der Waals surface area contributed by atoms with Crippen molar-refractivity contribution in [1.29, 1.82) is 0 Å². The van der Waals surface area contributed by atoms with Crippen LogP contribution in [0.25, 0.3) is 10.8 Å². The van der Waals surface area contributed by atoms with Crippen LogP contribution in [0.2, 0.25) is 0 Å². The second-order valence-corrected chi connectivity index (χ2v) is 5.51. The summed E-state index contributed by atoms with van der Waals surface area (Å²) >= 11 is 0. The van der Waals surface area contributed by atoms with Crippen molar-refractivity contribution in [3.05, 3.63) is 42.0 Å². The topological polar surface area (TPSA) is 58.6 Å². The number of fused-ring (bicyclic) bond motifs is 1. The predicted octanol–water partition coefficient (Wildman–Crippen LogP) is 3.23. The lowest BCUT2D eigenvalue weighted by atomic mass is 9.91. The number of nitrogens with two attached hydrogens (primary N) is 1. The van der Waals surface area contributed by atoms with E-state index in [1.807, 2.05) is 30.3 Å². The summed E-state index contributed by atoms with van der Waals surface area (Å²) in [6.07, 6.45) is 6.28. The molecule has 1 aliphatic rings. The van der Waals surface area contributed by atoms with Gasteiger partial charge in [-0.05, 0) is 29.7 Å². The smallest absolute Gasteiger partial charge is 0.124 e. The number of hydrogen-bond acceptors (Lipinski definition) is 3. The number of hydrogen-bond donors (Lipinski definition) is 2. The molecule has 3 heteroatoms. The number of nitrogens with zero attached hydrogens (tertiary/aromatic N) is 1. The zero-order valence-electron chi connectivity index (χ0n) is 11.5. The van der Waals surface area contributed by atoms with Crippen LogP contribution in [0.1, 0.15) is 31.2 Å². The van der Waals surface area contributed by atoms with Crippen LogP contribution in [0.15, 0.2) is 41.4 Å². The molecule has 0 spiro atoms. The Morgan fingerprint density at radius 2 is 1.90 bits per heavy atom. The monoisotopic (exact) mass is 268 g/mol. The first-order chi connectivity index (χ1) is 9.75. The van der Waals surface area contributed by atoms with Gasteiger partial charge in [0.1, 0.15) is 5.75 Å². The fourth-order valence-electron chi connectivity index (χ4n) is 2.92. The minimum atomic E-state index is 0.150. The SMILES string of the molecule is N[C@@H]1CCCC[C@H]1N=Cc1c(O)ccc2ccccc12. The average molecular weight is 268 g/mol. The van der Waals surface area contributed by atoms with E-state index in [2.05, 4.69) is 4.99 Å². The summed E-state index contributed by atoms with van der Waals surface area (Å²) in [6, 6.07) is 12.0. The van der Waals surface area contributed by atoms with Gasteiger partial charge in [-0.2, -0.15) is 0 Å². The van der Waals surface area contributed by atoms with Crippen molar-refractivity contribution in [1.82, 2.24) is 0 Å². The molecule has 1 fully saturated rings. The van der Waals surface area contributed by atoms with Crippen LogP contribution in [-0.4, -0.2) is 23.4 Å². The molecule has 0 aromatic heterocycles. The Morgan fingerprint density at radius 3 is 2.75 bits per heavy atom. The molecule has 104 valence electrons. The van der Waals surface area contributed by atoms with E-state index in [0.29, 0.717) is 0 Å². The molecule has 0 unspecified atom stereocenters. The van der Waals surface area contributed by atoms with Crippen molar-refractivity contribution >= 4 is 17.0 Å². The minimum absolute atomic E-state index is 0.150. The lowest BCUT2D eigenvalue weighted by Crippen LogP contribution is -2.36. The highest BCUT2D eigenvalue weighted by atomic mass is 16.3. The van der Waals surface area contributed by atoms with Gasteiger partial charge in [-0.15, -0.1) is 0 Å². The lowest BCUT2D eigenvalue weighted by molar-refractivity contribution is 0.387. The summed E-state index contributed by atoms with van der Waals surface area (Å²) in [7, 11) is 0. The molecule has 2 aromatic carbocycles. The molecular weight excluding hydrogens is 248 g/mol. The van der Waals surface area contributed by atoms with Crippen molar-refractivity contribution in [3.63, 3.8) is 0 Å². The summed E-state index contributed by atoms with van der Waals surface area (Å²) in [5.74, 6) is 0.275. The van der Waals surface area contributed by atoms with Gasteiger partial charge in [0.2, 0.25) is 0 Å². The molecule has 2 atom stereocenters. The normalized spacial score (nSPS) is 23.4. The molecule has 0 aliphatic heterocycles. The van der Waals surface area contributed by atoms with Crippen LogP contribution in [0, 0.1) is 0 Å². The molecule has 0 radical (unpaired) electrons. The summed E-state index contributed by atoms with van der Waals surface area (Å²) in [6.45, 7) is 0. The zero-order valence-corrected chi connectivity index (χ0v) is 11.5. The summed E-state index contributed by atoms with van der Waals surface area (Å²) < 4.78 is 0. The number of rotatable bonds is 2. The van der Waals surface area contributed by atoms with E-state index >= 15 is 0 Å². The molecule has 3 N–H and O–H groups in total. The highest BCUT2D eigenvalue weighted by molar-refractivity contribution is 6.02. The quantitative estimate of drug-likeness (QED) is 0.821. The second kappa shape index (κ2) is 5.63. The van der Waals surface area contributed by atoms with Crippen molar-refractivity contribution in [2.75, 3.05) is 0 Å². The van der Waals surface area contributed by atoms with Gasteiger partial charge >= 0.3 is 0 Å². The van der Waals surface area contributed by atoms with Crippen LogP contribution in [0.5, 0.6) is 5.75 Å². The molecule has 20 heavy (non-hydrogen) atoms. The molecule has 3 rings (SSSR count). The summed E-state index contributed by atoms with van der Waals surface area (Å²) in [5.41, 5.74) is 6.91. The van der Waals surface area contributed by atoms with Crippen molar-refractivity contribution < 1.29 is 5.11 Å². The molecule has 2 aromatic rings. The van der Waals surface area contributed by atoms with E-state index in [0.717, 1.165) is 29.2 Å². The number of aliphatic imine (C=N–C) groups is 1. The molecule has 0 heterocycles. The maximum absolute atomic E-state index is 10.1. The molecular formula is C17H20N2O. The summed E-state index contributed by atoms with van der Waals surface area (Å²) in [5, 5.41) is 12.2. The number of phenolic OH excluding ortho intramolecular Hbond substituents is 1. The molecule has 0 saturated heterocycles. The molecule has 1 saturated carbocycles. The second-order valence-electron chi connectivity index (χ2n) is 5.51. The van der Waals surface area contributed by atoms with Crippen LogP contribution >= 0.6 is 0 Å². The Kier molecular flexibility index (Phi) is 3.70. The van der Waals surface area contributed by atoms with Gasteiger partial charge in [0, 0.05) is 17.8 Å². The number of aromatic hydroxyl groups is 1. The van der Waals surface area contributed by atoms with E-state index in [-0.39, 0.29) is 17.8 Å². The standard InChI is InChI=1S/C17H20N2O/c18-15-7-3-4-8-16(15)19-11-14-13-6-2-1-5-12(13)9-10-17(14)20/h1-2,5-6,9-11,15-16,20H,3-4,7-8,18H2/t15-,16-/m1/s1. The third kappa shape index (κ3) is 2.54. The molecule has 0 bridgehead atoms. The minimum Gasteiger partial charge on any atom is -0.507 e. The lowest BCUT2D eigenvalue weighted by Gasteiger charge is -2.25. The van der Waals surface area contributed by atoms with Crippen molar-refractivity contribution in [2.45, 2.75) is 37.8 Å². The molecule has 1 aliphatic carbocycles. The Labute approximate surface area is 119 Å². The van der Waals surface area contributed by atoms with E-state index < -0.39 is 0 Å². The average Bonchev–Trinajstić information content (AvgIpc) is 2.48. The Bertz CT molecular complexity index is 636. The van der Waals surface area contributed by atoms with Crippen molar-refractivity contribution in [3.8, 4) is 5.75 Å². The van der Waals surface area contributed by atoms with E-state index in [4.69, 9.17) is 5.73 Å². The fourth-order valence-corrected chi connectivity index (χ4v) is 2.92. The van der Waals surface area contributed by atoms with Gasteiger partial charge in [-0.25, -0.2) is 0 Å². The van der Waals surface area contributed by atoms with Gasteiger partial charge in [0.25, 0.3) is 0 Å². The van der Waals surface area contributed by atoms with Gasteiger partial charge < -0.3 is 10.8 Å². The van der Waals surface area contributed by atoms with Crippen LogP contribution in [0.3, 0.4) is 0 Å². The van der Waals surface area contributed by atoms with Gasteiger partial charge in [-0.1, -0.05) is 43.2 Å². The predicted molar refractivity (Wildman–Crippen MR) is 83.4 cm³/mol. The third-order valence-corrected chi connectivity index (χ3v) is 4.12. The van der Waals surface area contributed by atoms with Gasteiger partial charge in [0.15, 0.2) is 0 Å². The summed E-state index contributed by atoms with van der Waals surface area (Å²) in [4.78, 5) is 4.64. The number of benzene rings is 2. The Balaban J connectivity index is 1.95. The molecule has 3 nitrogen and oxygen atoms in total. The fraction of sp³-hybridized carbons (Fsp3) is 0.353. The van der Waals surface area contributed by atoms with E-state index in [1.165, 1.54) is 12.8 Å². The first kappa shape index (κ1) is 13.1. The zero-order chi connectivity index (χ0) is 13.9. The van der Waals surface area contributed by atoms with Crippen LogP contribution in [-0.2, 0) is 0 Å². The van der Waals surface area contributed by atoms with Gasteiger partial charge in [0.05, 0.1) is 6.04 Å². The first-order valence-electron chi connectivity index (χ1n) is 7.25. The van der Waals surface area contributed by atoms with E-state index in [9.17, 15) is 5.11 Å².